The highest BCUT2D eigenvalue weighted by molar-refractivity contribution is 7.14. The lowest BCUT2D eigenvalue weighted by Gasteiger charge is -1.92. The van der Waals surface area contributed by atoms with Crippen molar-refractivity contribution in [2.45, 2.75) is 13.8 Å². The number of rotatable bonds is 2. The molecule has 2 N–H and O–H groups in total. The van der Waals surface area contributed by atoms with Gasteiger partial charge in [0.25, 0.3) is 5.89 Å². The summed E-state index contributed by atoms with van der Waals surface area (Å²) in [5.41, 5.74) is 8.63. The highest BCUT2D eigenvalue weighted by Gasteiger charge is 2.18. The van der Waals surface area contributed by atoms with Crippen LogP contribution in [0.4, 0.5) is 5.69 Å². The summed E-state index contributed by atoms with van der Waals surface area (Å²) < 4.78 is 10.6. The molecule has 6 heteroatoms. The molecule has 0 spiro atoms. The van der Waals surface area contributed by atoms with E-state index in [0.717, 1.165) is 16.0 Å². The molecular formula is C12H11N3O2S. The fraction of sp³-hybridized carbons (Fsp3) is 0.167. The Morgan fingerprint density at radius 3 is 2.72 bits per heavy atom. The Kier molecular flexibility index (Phi) is 2.45. The van der Waals surface area contributed by atoms with Gasteiger partial charge in [-0.1, -0.05) is 5.16 Å². The number of furan rings is 1. The van der Waals surface area contributed by atoms with E-state index in [4.69, 9.17) is 14.7 Å². The van der Waals surface area contributed by atoms with Crippen LogP contribution in [0.3, 0.4) is 0 Å². The van der Waals surface area contributed by atoms with Crippen LogP contribution < -0.4 is 5.73 Å². The average molecular weight is 261 g/mol. The number of hydrogen-bond donors (Lipinski definition) is 1. The van der Waals surface area contributed by atoms with Crippen LogP contribution >= 0.6 is 11.3 Å². The quantitative estimate of drug-likeness (QED) is 0.766. The standard InChI is InChI=1S/C12H11N3O2S/c1-6-3-4-16-9(6)11-14-12(17-15-11)10-8(13)7(2)5-18-10/h3-5H,13H2,1-2H3. The summed E-state index contributed by atoms with van der Waals surface area (Å²) in [7, 11) is 0. The number of nitrogen functional groups attached to an aromatic ring is 1. The first-order chi connectivity index (χ1) is 8.66. The lowest BCUT2D eigenvalue weighted by atomic mass is 10.2. The number of nitrogens with zero attached hydrogens (tertiary/aromatic N) is 2. The first kappa shape index (κ1) is 11.0. The van der Waals surface area contributed by atoms with Gasteiger partial charge in [0.1, 0.15) is 4.88 Å². The van der Waals surface area contributed by atoms with Crippen LogP contribution in [-0.4, -0.2) is 10.1 Å². The Morgan fingerprint density at radius 2 is 2.11 bits per heavy atom. The third kappa shape index (κ3) is 1.62. The predicted molar refractivity (Wildman–Crippen MR) is 69.2 cm³/mol. The fourth-order valence-electron chi connectivity index (χ4n) is 1.63. The molecule has 3 aromatic rings. The molecule has 3 aromatic heterocycles. The summed E-state index contributed by atoms with van der Waals surface area (Å²) in [4.78, 5) is 5.12. The van der Waals surface area contributed by atoms with Gasteiger partial charge >= 0.3 is 0 Å². The minimum atomic E-state index is 0.427. The summed E-state index contributed by atoms with van der Waals surface area (Å²) in [6.07, 6.45) is 1.60. The predicted octanol–water partition coefficient (Wildman–Crippen LogP) is 3.26. The van der Waals surface area contributed by atoms with Crippen molar-refractivity contribution < 1.29 is 8.94 Å². The number of anilines is 1. The monoisotopic (exact) mass is 261 g/mol. The summed E-state index contributed by atoms with van der Waals surface area (Å²) in [6.45, 7) is 3.88. The largest absolute Gasteiger partial charge is 0.461 e. The van der Waals surface area contributed by atoms with Crippen molar-refractivity contribution in [3.63, 3.8) is 0 Å². The number of nitrogens with two attached hydrogens (primary N) is 1. The van der Waals surface area contributed by atoms with Crippen LogP contribution in [0.2, 0.25) is 0 Å². The summed E-state index contributed by atoms with van der Waals surface area (Å²) in [5, 5.41) is 5.88. The molecule has 0 aliphatic carbocycles. The maximum atomic E-state index is 5.95. The van der Waals surface area contributed by atoms with E-state index in [-0.39, 0.29) is 0 Å². The third-order valence-electron chi connectivity index (χ3n) is 2.71. The molecule has 0 saturated carbocycles. The topological polar surface area (TPSA) is 78.1 Å². The van der Waals surface area contributed by atoms with E-state index in [1.165, 1.54) is 11.3 Å². The highest BCUT2D eigenvalue weighted by Crippen LogP contribution is 2.34. The second-order valence-electron chi connectivity index (χ2n) is 4.02. The Bertz CT molecular complexity index is 696. The van der Waals surface area contributed by atoms with Gasteiger partial charge in [-0.15, -0.1) is 11.3 Å². The summed E-state index contributed by atoms with van der Waals surface area (Å²) >= 11 is 1.49. The van der Waals surface area contributed by atoms with Crippen molar-refractivity contribution in [3.8, 4) is 22.4 Å². The lowest BCUT2D eigenvalue weighted by Crippen LogP contribution is -1.87. The van der Waals surface area contributed by atoms with E-state index in [1.807, 2.05) is 25.3 Å². The molecule has 0 aliphatic rings. The fourth-order valence-corrected chi connectivity index (χ4v) is 2.52. The molecular weight excluding hydrogens is 250 g/mol. The first-order valence-corrected chi connectivity index (χ1v) is 6.27. The molecule has 0 amide bonds. The molecule has 0 radical (unpaired) electrons. The molecule has 0 fully saturated rings. The van der Waals surface area contributed by atoms with Gasteiger partial charge in [0.05, 0.1) is 12.0 Å². The zero-order valence-electron chi connectivity index (χ0n) is 9.93. The average Bonchev–Trinajstić information content (AvgIpc) is 3.02. The van der Waals surface area contributed by atoms with Crippen molar-refractivity contribution in [2.75, 3.05) is 5.73 Å². The Balaban J connectivity index is 2.05. The van der Waals surface area contributed by atoms with Gasteiger partial charge in [-0.2, -0.15) is 4.98 Å². The van der Waals surface area contributed by atoms with Gasteiger partial charge in [-0.25, -0.2) is 0 Å². The highest BCUT2D eigenvalue weighted by atomic mass is 32.1. The Hall–Kier alpha value is -2.08. The lowest BCUT2D eigenvalue weighted by molar-refractivity contribution is 0.430. The van der Waals surface area contributed by atoms with Gasteiger partial charge in [0.15, 0.2) is 5.76 Å². The van der Waals surface area contributed by atoms with E-state index < -0.39 is 0 Å². The number of hydrogen-bond acceptors (Lipinski definition) is 6. The molecule has 5 nitrogen and oxygen atoms in total. The Labute approximate surface area is 107 Å². The van der Waals surface area contributed by atoms with Crippen molar-refractivity contribution in [3.05, 3.63) is 28.8 Å². The van der Waals surface area contributed by atoms with Gasteiger partial charge in [-0.3, -0.25) is 0 Å². The molecule has 92 valence electrons. The van der Waals surface area contributed by atoms with E-state index in [2.05, 4.69) is 10.1 Å². The minimum absolute atomic E-state index is 0.427. The van der Waals surface area contributed by atoms with Crippen LogP contribution in [0.1, 0.15) is 11.1 Å². The van der Waals surface area contributed by atoms with Crippen molar-refractivity contribution in [2.24, 2.45) is 0 Å². The molecule has 18 heavy (non-hydrogen) atoms. The normalized spacial score (nSPS) is 11.0. The molecule has 3 heterocycles. The van der Waals surface area contributed by atoms with Crippen LogP contribution in [0.5, 0.6) is 0 Å². The first-order valence-electron chi connectivity index (χ1n) is 5.39. The van der Waals surface area contributed by atoms with Gasteiger partial charge < -0.3 is 14.7 Å². The smallest absolute Gasteiger partial charge is 0.270 e. The van der Waals surface area contributed by atoms with Crippen molar-refractivity contribution in [1.29, 1.82) is 0 Å². The molecule has 0 aromatic carbocycles. The molecule has 0 atom stereocenters. The van der Waals surface area contributed by atoms with Crippen molar-refractivity contribution in [1.82, 2.24) is 10.1 Å². The van der Waals surface area contributed by atoms with E-state index >= 15 is 0 Å². The zero-order valence-corrected chi connectivity index (χ0v) is 10.7. The molecule has 0 aliphatic heterocycles. The van der Waals surface area contributed by atoms with Gasteiger partial charge in [0, 0.05) is 0 Å². The maximum Gasteiger partial charge on any atom is 0.270 e. The molecule has 0 unspecified atom stereocenters. The Morgan fingerprint density at radius 1 is 1.28 bits per heavy atom. The van der Waals surface area contributed by atoms with Crippen LogP contribution in [0.15, 0.2) is 26.6 Å². The third-order valence-corrected chi connectivity index (χ3v) is 3.81. The minimum Gasteiger partial charge on any atom is -0.461 e. The number of aryl methyl sites for hydroxylation is 2. The van der Waals surface area contributed by atoms with E-state index in [1.54, 1.807) is 6.26 Å². The maximum absolute atomic E-state index is 5.95. The molecule has 3 rings (SSSR count). The van der Waals surface area contributed by atoms with Crippen molar-refractivity contribution >= 4 is 17.0 Å². The van der Waals surface area contributed by atoms with Crippen LogP contribution in [0, 0.1) is 13.8 Å². The summed E-state index contributed by atoms with van der Waals surface area (Å²) in [5.74, 6) is 1.49. The molecule has 0 bridgehead atoms. The zero-order chi connectivity index (χ0) is 12.7. The SMILES string of the molecule is Cc1ccoc1-c1noc(-c2scc(C)c2N)n1. The second-order valence-corrected chi connectivity index (χ2v) is 4.90. The number of thiophene rings is 1. The van der Waals surface area contributed by atoms with Crippen LogP contribution in [0.25, 0.3) is 22.4 Å². The van der Waals surface area contributed by atoms with E-state index in [9.17, 15) is 0 Å². The van der Waals surface area contributed by atoms with Gasteiger partial charge in [0.2, 0.25) is 5.82 Å². The van der Waals surface area contributed by atoms with Gasteiger partial charge in [-0.05, 0) is 36.4 Å². The molecule has 0 saturated heterocycles. The summed E-state index contributed by atoms with van der Waals surface area (Å²) in [6, 6.07) is 1.86. The number of aromatic nitrogens is 2. The second kappa shape index (κ2) is 3.99. The van der Waals surface area contributed by atoms with Crippen LogP contribution in [-0.2, 0) is 0 Å². The van der Waals surface area contributed by atoms with E-state index in [0.29, 0.717) is 23.2 Å².